The molecule has 0 radical (unpaired) electrons. The van der Waals surface area contributed by atoms with Gasteiger partial charge in [-0.3, -0.25) is 4.79 Å². The van der Waals surface area contributed by atoms with E-state index in [1.807, 2.05) is 30.6 Å². The quantitative estimate of drug-likeness (QED) is 0.768. The Balaban J connectivity index is 1.17. The zero-order chi connectivity index (χ0) is 20.9. The van der Waals surface area contributed by atoms with Crippen LogP contribution in [0.25, 0.3) is 0 Å². The lowest BCUT2D eigenvalue weighted by molar-refractivity contribution is -0.131. The van der Waals surface area contributed by atoms with Crippen LogP contribution < -0.4 is 5.32 Å². The van der Waals surface area contributed by atoms with Gasteiger partial charge in [0.2, 0.25) is 5.91 Å². The monoisotopic (exact) mass is 427 g/mol. The lowest BCUT2D eigenvalue weighted by atomic mass is 10.1. The first-order valence-corrected chi connectivity index (χ1v) is 10.8. The molecule has 7 nitrogen and oxygen atoms in total. The molecule has 1 saturated carbocycles. The van der Waals surface area contributed by atoms with Crippen LogP contribution in [0, 0.1) is 0 Å². The van der Waals surface area contributed by atoms with Gasteiger partial charge < -0.3 is 15.1 Å². The summed E-state index contributed by atoms with van der Waals surface area (Å²) < 4.78 is 0. The fourth-order valence-corrected chi connectivity index (χ4v) is 3.75. The average Bonchev–Trinajstić information content (AvgIpc) is 3.61. The Labute approximate surface area is 181 Å². The fraction of sp³-hybridized carbons (Fsp3) is 0.455. The summed E-state index contributed by atoms with van der Waals surface area (Å²) in [6, 6.07) is 7.30. The zero-order valence-corrected chi connectivity index (χ0v) is 17.6. The van der Waals surface area contributed by atoms with Crippen molar-refractivity contribution in [2.75, 3.05) is 32.7 Å². The fourth-order valence-electron chi connectivity index (χ4n) is 3.55. The van der Waals surface area contributed by atoms with Crippen LogP contribution in [0.15, 0.2) is 36.7 Å². The normalized spacial score (nSPS) is 16.4. The van der Waals surface area contributed by atoms with Crippen molar-refractivity contribution in [1.82, 2.24) is 25.1 Å². The molecule has 0 unspecified atom stereocenters. The first-order chi connectivity index (χ1) is 14.6. The van der Waals surface area contributed by atoms with Gasteiger partial charge in [-0.25, -0.2) is 14.8 Å². The molecule has 2 aromatic rings. The van der Waals surface area contributed by atoms with Gasteiger partial charge in [0.1, 0.15) is 5.82 Å². The Hall–Kier alpha value is -2.67. The smallest absolute Gasteiger partial charge is 0.317 e. The van der Waals surface area contributed by atoms with Crippen molar-refractivity contribution < 1.29 is 9.59 Å². The Kier molecular flexibility index (Phi) is 6.47. The molecule has 30 heavy (non-hydrogen) atoms. The minimum absolute atomic E-state index is 0.0396. The van der Waals surface area contributed by atoms with Crippen molar-refractivity contribution in [3.8, 4) is 0 Å². The third kappa shape index (κ3) is 5.27. The third-order valence-corrected chi connectivity index (χ3v) is 5.95. The number of aromatic nitrogens is 2. The molecule has 2 fully saturated rings. The second-order valence-corrected chi connectivity index (χ2v) is 8.25. The summed E-state index contributed by atoms with van der Waals surface area (Å²) in [6.45, 7) is 2.66. The summed E-state index contributed by atoms with van der Waals surface area (Å²) in [5.41, 5.74) is 1.85. The Morgan fingerprint density at radius 1 is 1.03 bits per heavy atom. The van der Waals surface area contributed by atoms with Crippen LogP contribution in [0.1, 0.15) is 35.7 Å². The molecule has 1 aliphatic heterocycles. The lowest BCUT2D eigenvalue weighted by Gasteiger charge is -2.34. The molecule has 2 heterocycles. The summed E-state index contributed by atoms with van der Waals surface area (Å²) in [7, 11) is 0. The summed E-state index contributed by atoms with van der Waals surface area (Å²) in [5, 5.41) is 3.56. The van der Waals surface area contributed by atoms with Crippen LogP contribution in [-0.2, 0) is 17.6 Å². The molecule has 0 bridgehead atoms. The van der Waals surface area contributed by atoms with E-state index in [0.29, 0.717) is 50.1 Å². The number of urea groups is 1. The highest BCUT2D eigenvalue weighted by atomic mass is 35.5. The molecule has 1 aromatic carbocycles. The number of amides is 3. The SMILES string of the molecule is O=C(Cc1ccccc1Cl)N1CCN(C(=O)NCCc2cnc(C3CC3)nc2)CC1. The number of carbonyl (C=O) groups is 2. The van der Waals surface area contributed by atoms with Crippen molar-refractivity contribution in [2.24, 2.45) is 0 Å². The molecule has 1 saturated heterocycles. The highest BCUT2D eigenvalue weighted by molar-refractivity contribution is 6.31. The number of nitrogens with zero attached hydrogens (tertiary/aromatic N) is 4. The van der Waals surface area contributed by atoms with Crippen LogP contribution in [0.2, 0.25) is 5.02 Å². The number of rotatable bonds is 6. The van der Waals surface area contributed by atoms with E-state index >= 15 is 0 Å². The van der Waals surface area contributed by atoms with Crippen LogP contribution in [0.4, 0.5) is 4.79 Å². The van der Waals surface area contributed by atoms with E-state index in [2.05, 4.69) is 15.3 Å². The van der Waals surface area contributed by atoms with Crippen molar-refractivity contribution >= 4 is 23.5 Å². The second kappa shape index (κ2) is 9.43. The standard InChI is InChI=1S/C22H26ClN5O2/c23-19-4-2-1-3-18(19)13-20(29)27-9-11-28(12-10-27)22(30)24-8-7-16-14-25-21(26-15-16)17-5-6-17/h1-4,14-15,17H,5-13H2,(H,24,30). The zero-order valence-electron chi connectivity index (χ0n) is 16.9. The van der Waals surface area contributed by atoms with E-state index < -0.39 is 0 Å². The Morgan fingerprint density at radius 2 is 1.70 bits per heavy atom. The number of hydrogen-bond acceptors (Lipinski definition) is 4. The van der Waals surface area contributed by atoms with E-state index in [-0.39, 0.29) is 18.4 Å². The van der Waals surface area contributed by atoms with Gasteiger partial charge in [0.25, 0.3) is 0 Å². The molecule has 1 aromatic heterocycles. The van der Waals surface area contributed by atoms with Crippen molar-refractivity contribution in [3.05, 3.63) is 58.6 Å². The molecule has 3 amide bonds. The molecule has 1 aliphatic carbocycles. The number of hydrogen-bond donors (Lipinski definition) is 1. The predicted molar refractivity (Wildman–Crippen MR) is 114 cm³/mol. The second-order valence-electron chi connectivity index (χ2n) is 7.84. The topological polar surface area (TPSA) is 78.4 Å². The first kappa shape index (κ1) is 20.6. The van der Waals surface area contributed by atoms with Gasteiger partial charge in [-0.1, -0.05) is 29.8 Å². The maximum Gasteiger partial charge on any atom is 0.317 e. The van der Waals surface area contributed by atoms with E-state index in [4.69, 9.17) is 11.6 Å². The van der Waals surface area contributed by atoms with Crippen molar-refractivity contribution in [1.29, 1.82) is 0 Å². The van der Waals surface area contributed by atoms with Gasteiger partial charge >= 0.3 is 6.03 Å². The lowest BCUT2D eigenvalue weighted by Crippen LogP contribution is -2.53. The Morgan fingerprint density at radius 3 is 2.37 bits per heavy atom. The molecule has 1 N–H and O–H groups in total. The largest absolute Gasteiger partial charge is 0.339 e. The van der Waals surface area contributed by atoms with Crippen LogP contribution in [0.3, 0.4) is 0 Å². The van der Waals surface area contributed by atoms with E-state index in [1.54, 1.807) is 15.9 Å². The number of piperazine rings is 1. The van der Waals surface area contributed by atoms with E-state index in [9.17, 15) is 9.59 Å². The highest BCUT2D eigenvalue weighted by Crippen LogP contribution is 2.37. The van der Waals surface area contributed by atoms with Gasteiger partial charge in [-0.05, 0) is 36.5 Å². The molecule has 158 valence electrons. The Bertz CT molecular complexity index is 893. The van der Waals surface area contributed by atoms with Crippen LogP contribution in [-0.4, -0.2) is 64.4 Å². The van der Waals surface area contributed by atoms with Gasteiger partial charge in [0, 0.05) is 56.1 Å². The third-order valence-electron chi connectivity index (χ3n) is 5.58. The van der Waals surface area contributed by atoms with Gasteiger partial charge in [0.05, 0.1) is 6.42 Å². The van der Waals surface area contributed by atoms with Crippen LogP contribution in [0.5, 0.6) is 0 Å². The molecular formula is C22H26ClN5O2. The summed E-state index contributed by atoms with van der Waals surface area (Å²) in [6.07, 6.45) is 7.08. The van der Waals surface area contributed by atoms with Crippen LogP contribution >= 0.6 is 11.6 Å². The molecule has 0 spiro atoms. The molecular weight excluding hydrogens is 402 g/mol. The van der Waals surface area contributed by atoms with Gasteiger partial charge in [-0.2, -0.15) is 0 Å². The number of halogens is 1. The van der Waals surface area contributed by atoms with Crippen molar-refractivity contribution in [2.45, 2.75) is 31.6 Å². The number of nitrogens with one attached hydrogen (secondary N) is 1. The van der Waals surface area contributed by atoms with E-state index in [1.165, 1.54) is 12.8 Å². The maximum absolute atomic E-state index is 12.5. The molecule has 4 rings (SSSR count). The molecule has 0 atom stereocenters. The predicted octanol–water partition coefficient (Wildman–Crippen LogP) is 2.65. The summed E-state index contributed by atoms with van der Waals surface area (Å²) >= 11 is 6.15. The average molecular weight is 428 g/mol. The first-order valence-electron chi connectivity index (χ1n) is 10.4. The molecule has 2 aliphatic rings. The van der Waals surface area contributed by atoms with Crippen molar-refractivity contribution in [3.63, 3.8) is 0 Å². The maximum atomic E-state index is 12.5. The number of carbonyl (C=O) groups excluding carboxylic acids is 2. The minimum Gasteiger partial charge on any atom is -0.339 e. The van der Waals surface area contributed by atoms with Gasteiger partial charge in [-0.15, -0.1) is 0 Å². The summed E-state index contributed by atoms with van der Waals surface area (Å²) in [5.74, 6) is 1.52. The molecule has 8 heteroatoms. The number of benzene rings is 1. The highest BCUT2D eigenvalue weighted by Gasteiger charge is 2.26. The van der Waals surface area contributed by atoms with E-state index in [0.717, 1.165) is 17.0 Å². The minimum atomic E-state index is -0.0938. The van der Waals surface area contributed by atoms with Gasteiger partial charge in [0.15, 0.2) is 0 Å². The summed E-state index contributed by atoms with van der Waals surface area (Å²) in [4.78, 5) is 37.3.